The van der Waals surface area contributed by atoms with Gasteiger partial charge >= 0.3 is 0 Å². The molecule has 0 amide bonds. The zero-order chi connectivity index (χ0) is 19.2. The minimum atomic E-state index is -0.104. The van der Waals surface area contributed by atoms with Gasteiger partial charge in [-0.05, 0) is 45.7 Å². The Bertz CT molecular complexity index is 587. The predicted octanol–water partition coefficient (Wildman–Crippen LogP) is 2.83. The summed E-state index contributed by atoms with van der Waals surface area (Å²) < 4.78 is 17.2. The van der Waals surface area contributed by atoms with E-state index in [2.05, 4.69) is 48.3 Å². The van der Waals surface area contributed by atoms with Gasteiger partial charge in [0.05, 0.1) is 25.9 Å². The van der Waals surface area contributed by atoms with Crippen LogP contribution in [-0.2, 0) is 14.9 Å². The highest BCUT2D eigenvalue weighted by molar-refractivity contribution is 5.40. The first-order valence-electron chi connectivity index (χ1n) is 10.3. The normalized spacial score (nSPS) is 26.0. The standard InChI is InChI=1S/C22H36N2O3/c1-21(2)18-22(9-15-27-21,19-6-4-5-7-20(19)25-3)8-10-23-11-12-24-13-16-26-17-14-24/h4-7,23H,8-18H2,1-3H3/t22-/m1/s1. The SMILES string of the molecule is COc1ccccc1[C@]1(CCNCCN2CCOCC2)CCOC(C)(C)C1. The van der Waals surface area contributed by atoms with E-state index in [0.717, 1.165) is 77.6 Å². The summed E-state index contributed by atoms with van der Waals surface area (Å²) in [7, 11) is 1.78. The molecule has 1 N–H and O–H groups in total. The second-order valence-corrected chi connectivity index (χ2v) is 8.47. The molecule has 0 spiro atoms. The van der Waals surface area contributed by atoms with E-state index in [1.807, 2.05) is 0 Å². The molecule has 0 saturated carbocycles. The summed E-state index contributed by atoms with van der Waals surface area (Å²) in [5, 5.41) is 3.68. The van der Waals surface area contributed by atoms with E-state index in [-0.39, 0.29) is 11.0 Å². The van der Waals surface area contributed by atoms with E-state index in [1.165, 1.54) is 5.56 Å². The van der Waals surface area contributed by atoms with Crippen molar-refractivity contribution in [1.29, 1.82) is 0 Å². The minimum absolute atomic E-state index is 0.0975. The highest BCUT2D eigenvalue weighted by atomic mass is 16.5. The number of hydrogen-bond donors (Lipinski definition) is 1. The van der Waals surface area contributed by atoms with E-state index >= 15 is 0 Å². The van der Waals surface area contributed by atoms with Gasteiger partial charge in [-0.1, -0.05) is 18.2 Å². The van der Waals surface area contributed by atoms with Crippen molar-refractivity contribution in [2.75, 3.05) is 59.7 Å². The molecule has 5 nitrogen and oxygen atoms in total. The van der Waals surface area contributed by atoms with Gasteiger partial charge < -0.3 is 19.5 Å². The van der Waals surface area contributed by atoms with Crippen molar-refractivity contribution < 1.29 is 14.2 Å². The topological polar surface area (TPSA) is 43.0 Å². The average molecular weight is 377 g/mol. The van der Waals surface area contributed by atoms with Crippen molar-refractivity contribution in [3.05, 3.63) is 29.8 Å². The van der Waals surface area contributed by atoms with Gasteiger partial charge in [-0.15, -0.1) is 0 Å². The van der Waals surface area contributed by atoms with E-state index < -0.39 is 0 Å². The highest BCUT2D eigenvalue weighted by Gasteiger charge is 2.43. The van der Waals surface area contributed by atoms with Crippen molar-refractivity contribution in [3.8, 4) is 5.75 Å². The third kappa shape index (κ3) is 5.44. The third-order valence-corrected chi connectivity index (χ3v) is 6.00. The van der Waals surface area contributed by atoms with E-state index in [4.69, 9.17) is 14.2 Å². The van der Waals surface area contributed by atoms with Gasteiger partial charge in [0.25, 0.3) is 0 Å². The molecule has 0 radical (unpaired) electrons. The summed E-state index contributed by atoms with van der Waals surface area (Å²) in [6.07, 6.45) is 3.16. The molecule has 2 aliphatic heterocycles. The number of para-hydroxylation sites is 1. The lowest BCUT2D eigenvalue weighted by molar-refractivity contribution is -0.0843. The van der Waals surface area contributed by atoms with Crippen molar-refractivity contribution in [3.63, 3.8) is 0 Å². The molecular formula is C22H36N2O3. The van der Waals surface area contributed by atoms with Crippen LogP contribution in [0.5, 0.6) is 5.75 Å². The quantitative estimate of drug-likeness (QED) is 0.707. The number of benzene rings is 1. The van der Waals surface area contributed by atoms with E-state index in [0.29, 0.717) is 0 Å². The molecule has 1 atom stereocenters. The van der Waals surface area contributed by atoms with Crippen LogP contribution in [0.4, 0.5) is 0 Å². The van der Waals surface area contributed by atoms with Gasteiger partial charge in [-0.25, -0.2) is 0 Å². The van der Waals surface area contributed by atoms with Gasteiger partial charge in [0, 0.05) is 43.8 Å². The van der Waals surface area contributed by atoms with Gasteiger partial charge in [-0.2, -0.15) is 0 Å². The number of rotatable bonds is 8. The molecule has 2 aliphatic rings. The Morgan fingerprint density at radius 1 is 1.11 bits per heavy atom. The van der Waals surface area contributed by atoms with Gasteiger partial charge in [-0.3, -0.25) is 4.90 Å². The number of nitrogens with zero attached hydrogens (tertiary/aromatic N) is 1. The van der Waals surface area contributed by atoms with Crippen molar-refractivity contribution >= 4 is 0 Å². The Morgan fingerprint density at radius 3 is 2.63 bits per heavy atom. The fraction of sp³-hybridized carbons (Fsp3) is 0.727. The lowest BCUT2D eigenvalue weighted by Gasteiger charge is -2.46. The zero-order valence-corrected chi connectivity index (χ0v) is 17.3. The van der Waals surface area contributed by atoms with Crippen LogP contribution in [0, 0.1) is 0 Å². The molecule has 0 bridgehead atoms. The monoisotopic (exact) mass is 376 g/mol. The Balaban J connectivity index is 1.62. The first kappa shape index (κ1) is 20.6. The van der Waals surface area contributed by atoms with Crippen LogP contribution >= 0.6 is 0 Å². The summed E-state index contributed by atoms with van der Waals surface area (Å²) in [5.74, 6) is 1.00. The second-order valence-electron chi connectivity index (χ2n) is 8.47. The summed E-state index contributed by atoms with van der Waals surface area (Å²) in [6.45, 7) is 12.2. The van der Waals surface area contributed by atoms with Gasteiger partial charge in [0.15, 0.2) is 0 Å². The second kappa shape index (κ2) is 9.37. The number of morpholine rings is 1. The number of hydrogen-bond acceptors (Lipinski definition) is 5. The summed E-state index contributed by atoms with van der Waals surface area (Å²) in [5.41, 5.74) is 1.33. The molecule has 0 aromatic heterocycles. The Kier molecular flexibility index (Phi) is 7.15. The Morgan fingerprint density at radius 2 is 1.89 bits per heavy atom. The molecule has 0 unspecified atom stereocenters. The fourth-order valence-corrected chi connectivity index (χ4v) is 4.65. The maximum atomic E-state index is 6.04. The van der Waals surface area contributed by atoms with Crippen molar-refractivity contribution in [2.45, 2.75) is 44.1 Å². The average Bonchev–Trinajstić information content (AvgIpc) is 2.68. The number of methoxy groups -OCH3 is 1. The van der Waals surface area contributed by atoms with Crippen LogP contribution in [0.25, 0.3) is 0 Å². The number of ether oxygens (including phenoxy) is 3. The molecule has 2 fully saturated rings. The summed E-state index contributed by atoms with van der Waals surface area (Å²) in [4.78, 5) is 2.48. The molecule has 2 saturated heterocycles. The fourth-order valence-electron chi connectivity index (χ4n) is 4.65. The smallest absolute Gasteiger partial charge is 0.122 e. The Hall–Kier alpha value is -1.14. The first-order valence-corrected chi connectivity index (χ1v) is 10.3. The van der Waals surface area contributed by atoms with Crippen LogP contribution in [0.15, 0.2) is 24.3 Å². The molecule has 152 valence electrons. The molecular weight excluding hydrogens is 340 g/mol. The maximum Gasteiger partial charge on any atom is 0.122 e. The molecule has 0 aliphatic carbocycles. The molecule has 3 rings (SSSR count). The van der Waals surface area contributed by atoms with Gasteiger partial charge in [0.2, 0.25) is 0 Å². The highest BCUT2D eigenvalue weighted by Crippen LogP contribution is 2.46. The van der Waals surface area contributed by atoms with Crippen LogP contribution in [-0.4, -0.2) is 70.2 Å². The van der Waals surface area contributed by atoms with Gasteiger partial charge in [0.1, 0.15) is 5.75 Å². The molecule has 5 heteroatoms. The maximum absolute atomic E-state index is 6.04. The zero-order valence-electron chi connectivity index (χ0n) is 17.3. The molecule has 1 aromatic rings. The van der Waals surface area contributed by atoms with Crippen molar-refractivity contribution in [1.82, 2.24) is 10.2 Å². The first-order chi connectivity index (χ1) is 13.0. The largest absolute Gasteiger partial charge is 0.496 e. The summed E-state index contributed by atoms with van der Waals surface area (Å²) >= 11 is 0. The van der Waals surface area contributed by atoms with E-state index in [9.17, 15) is 0 Å². The Labute approximate surface area is 164 Å². The van der Waals surface area contributed by atoms with Crippen LogP contribution in [0.3, 0.4) is 0 Å². The number of nitrogens with one attached hydrogen (secondary N) is 1. The lowest BCUT2D eigenvalue weighted by atomic mass is 9.67. The van der Waals surface area contributed by atoms with Crippen LogP contribution < -0.4 is 10.1 Å². The van der Waals surface area contributed by atoms with Crippen molar-refractivity contribution in [2.24, 2.45) is 0 Å². The molecule has 27 heavy (non-hydrogen) atoms. The van der Waals surface area contributed by atoms with Crippen LogP contribution in [0.1, 0.15) is 38.7 Å². The minimum Gasteiger partial charge on any atom is -0.496 e. The lowest BCUT2D eigenvalue weighted by Crippen LogP contribution is -2.46. The molecule has 1 aromatic carbocycles. The summed E-state index contributed by atoms with van der Waals surface area (Å²) in [6, 6.07) is 8.52. The third-order valence-electron chi connectivity index (χ3n) is 6.00. The van der Waals surface area contributed by atoms with Crippen LogP contribution in [0.2, 0.25) is 0 Å². The van der Waals surface area contributed by atoms with E-state index in [1.54, 1.807) is 7.11 Å². The molecule has 2 heterocycles. The predicted molar refractivity (Wildman–Crippen MR) is 109 cm³/mol.